The zero-order chi connectivity index (χ0) is 71.3. The third kappa shape index (κ3) is 33.6. The van der Waals surface area contributed by atoms with E-state index in [1.165, 1.54) is 48.8 Å². The van der Waals surface area contributed by atoms with Gasteiger partial charge in [0.1, 0.15) is 17.2 Å². The molecule has 0 fully saturated rings. The van der Waals surface area contributed by atoms with Crippen LogP contribution in [-0.4, -0.2) is 79.5 Å². The standard InChI is InChI=1S/C17H10F2N.3C11H6F2N.C11H8N.2C6H5NO2.C5H12O2.4Ir.Pt/c18-13-6-4-12(5-7-13)16-11-14(19)8-9-15(16)17-3-1-2-10-20-17;3*12-8-4-5-9(10(13)7-8)11-3-1-2-6-14-11;1-2-6-10(7-3-1)11-8-4-5-9-12-11;2*8-6(9)5-3-1-2-4-7-5;1-4(6)3-5(2)7;;;;;/h1-8,10-11H;3*1-4,6-7H;1-6,8-9H;2*1-4H,(H,8,9);4-7H,3H2,1-2H3;;;;;/q5*-1;;;;;;;;. The zero-order valence-corrected chi connectivity index (χ0v) is 66.0. The van der Waals surface area contributed by atoms with Crippen LogP contribution >= 0.6 is 0 Å². The van der Waals surface area contributed by atoms with Crippen molar-refractivity contribution in [3.63, 3.8) is 0 Å². The molecule has 0 aliphatic rings. The Morgan fingerprint density at radius 2 is 0.654 bits per heavy atom. The average molecular weight is 2310 g/mol. The van der Waals surface area contributed by atoms with E-state index in [1.807, 2.05) is 60.7 Å². The second-order valence-electron chi connectivity index (χ2n) is 20.1. The first-order valence-corrected chi connectivity index (χ1v) is 29.5. The van der Waals surface area contributed by atoms with Gasteiger partial charge < -0.3 is 45.3 Å². The fourth-order valence-corrected chi connectivity index (χ4v) is 8.05. The van der Waals surface area contributed by atoms with E-state index in [9.17, 15) is 44.7 Å². The molecule has 0 aliphatic heterocycles. The van der Waals surface area contributed by atoms with Crippen molar-refractivity contribution in [3.8, 4) is 67.4 Å². The van der Waals surface area contributed by atoms with Crippen LogP contribution in [0.5, 0.6) is 0 Å². The van der Waals surface area contributed by atoms with E-state index in [-0.39, 0.29) is 153 Å². The third-order valence-corrected chi connectivity index (χ3v) is 12.4. The molecule has 7 aromatic heterocycles. The summed E-state index contributed by atoms with van der Waals surface area (Å²) in [5.41, 5.74) is 6.84. The zero-order valence-electron chi connectivity index (χ0n) is 54.2. The van der Waals surface area contributed by atoms with Crippen molar-refractivity contribution in [2.75, 3.05) is 0 Å². The number of nitrogens with zero attached hydrogens (tertiary/aromatic N) is 7. The number of carboxylic acids is 2. The van der Waals surface area contributed by atoms with Crippen molar-refractivity contribution in [2.24, 2.45) is 0 Å². The van der Waals surface area contributed by atoms with Gasteiger partial charge in [0.25, 0.3) is 0 Å². The van der Waals surface area contributed by atoms with Crippen molar-refractivity contribution in [3.05, 3.63) is 356 Å². The number of carboxylic acid groups (broad SMARTS) is 2. The summed E-state index contributed by atoms with van der Waals surface area (Å²) in [6, 6.07) is 71.9. The summed E-state index contributed by atoms with van der Waals surface area (Å²) in [5, 5.41) is 33.8. The maximum Gasteiger partial charge on any atom is 0.354 e. The molecule has 0 bridgehead atoms. The maximum absolute atomic E-state index is 13.5. The number of pyridine rings is 7. The quantitative estimate of drug-likeness (QED) is 0.0744. The van der Waals surface area contributed by atoms with E-state index in [4.69, 9.17) is 20.4 Å². The monoisotopic (exact) mass is 2310 g/mol. The Balaban J connectivity index is 0.000000600. The van der Waals surface area contributed by atoms with Gasteiger partial charge in [-0.2, -0.15) is 0 Å². The fraction of sp³-hybridized carbons (Fsp3) is 0.0641. The largest absolute Gasteiger partial charge is 0.477 e. The second-order valence-corrected chi connectivity index (χ2v) is 20.1. The van der Waals surface area contributed by atoms with Crippen LogP contribution in [0.25, 0.3) is 67.4 Å². The van der Waals surface area contributed by atoms with Crippen LogP contribution in [0, 0.1) is 76.9 Å². The molecule has 4 radical (unpaired) electrons. The topological polar surface area (TPSA) is 205 Å². The molecule has 7 heterocycles. The van der Waals surface area contributed by atoms with Crippen molar-refractivity contribution >= 4 is 11.9 Å². The summed E-state index contributed by atoms with van der Waals surface area (Å²) >= 11 is 0. The van der Waals surface area contributed by atoms with E-state index in [2.05, 4.69) is 65.2 Å². The Hall–Kier alpha value is -9.04. The van der Waals surface area contributed by atoms with Gasteiger partial charge in [0.05, 0.1) is 12.2 Å². The number of hydrogen-bond donors (Lipinski definition) is 4. The minimum atomic E-state index is -0.990. The van der Waals surface area contributed by atoms with Crippen molar-refractivity contribution in [2.45, 2.75) is 32.5 Å². The third-order valence-electron chi connectivity index (χ3n) is 12.4. The van der Waals surface area contributed by atoms with E-state index >= 15 is 0 Å². The molecule has 0 spiro atoms. The molecule has 0 saturated carbocycles. The Morgan fingerprint density at radius 3 is 0.913 bits per heavy atom. The SMILES string of the molecule is CC(O)CC(C)O.Fc1c[c-]c(-c2ccccn2)c(F)c1.Fc1c[c-]c(-c2ccccn2)c(F)c1.Fc1c[c-]c(-c2ccccn2)c(F)c1.Fc1ccc(-c2cc(F)c[c-]c2-c2ccccn2)cc1.O=C(O)c1ccccn1.O=C(O)c1ccccn1.[Ir].[Ir].[Ir].[Ir].[Pt].[c-]1ccccc1-c1ccccn1. The number of halogens is 8. The molecule has 2 unspecified atom stereocenters. The molecule has 13 rings (SSSR count). The van der Waals surface area contributed by atoms with Crippen LogP contribution in [0.3, 0.4) is 0 Å². The van der Waals surface area contributed by atoms with E-state index in [0.29, 0.717) is 40.3 Å². The van der Waals surface area contributed by atoms with Crippen LogP contribution in [0.1, 0.15) is 41.2 Å². The first-order chi connectivity index (χ1) is 47.8. The Morgan fingerprint density at radius 1 is 0.356 bits per heavy atom. The van der Waals surface area contributed by atoms with Crippen LogP contribution in [0.2, 0.25) is 0 Å². The second kappa shape index (κ2) is 51.2. The van der Waals surface area contributed by atoms with Gasteiger partial charge in [0, 0.05) is 186 Å². The van der Waals surface area contributed by atoms with Crippen molar-refractivity contribution in [1.82, 2.24) is 34.9 Å². The Bertz CT molecular complexity index is 4230. The van der Waals surface area contributed by atoms with Crippen LogP contribution in [0.4, 0.5) is 35.1 Å². The number of aliphatic hydroxyl groups excluding tert-OH is 2. The van der Waals surface area contributed by atoms with E-state index < -0.39 is 46.8 Å². The number of rotatable bonds is 10. The van der Waals surface area contributed by atoms with Crippen molar-refractivity contribution < 1.29 is 167 Å². The van der Waals surface area contributed by atoms with Gasteiger partial charge in [-0.25, -0.2) is 23.9 Å². The summed E-state index contributed by atoms with van der Waals surface area (Å²) in [4.78, 5) is 47.7. The first kappa shape index (κ1) is 93.0. The van der Waals surface area contributed by atoms with Gasteiger partial charge in [0.2, 0.25) is 0 Å². The van der Waals surface area contributed by atoms with Crippen LogP contribution < -0.4 is 0 Å². The molecular weight excluding hydrogens is 2250 g/mol. The fourth-order valence-electron chi connectivity index (χ4n) is 8.05. The van der Waals surface area contributed by atoms with Crippen LogP contribution in [0.15, 0.2) is 268 Å². The van der Waals surface area contributed by atoms with Gasteiger partial charge in [0.15, 0.2) is 0 Å². The van der Waals surface area contributed by atoms with E-state index in [1.54, 1.807) is 136 Å². The molecule has 6 aromatic carbocycles. The molecule has 13 aromatic rings. The molecule has 0 saturated heterocycles. The molecule has 548 valence electrons. The smallest absolute Gasteiger partial charge is 0.354 e. The number of hydrogen-bond acceptors (Lipinski definition) is 11. The summed E-state index contributed by atoms with van der Waals surface area (Å²) in [6.07, 6.45) is 10.7. The number of aliphatic hydroxyl groups is 2. The molecule has 4 N–H and O–H groups in total. The normalized spacial score (nSPS) is 10.0. The first-order valence-electron chi connectivity index (χ1n) is 29.5. The maximum atomic E-state index is 13.5. The average Bonchev–Trinajstić information content (AvgIpc) is 0.791. The molecule has 26 heteroatoms. The number of aromatic carboxylic acids is 2. The number of aromatic nitrogens is 7. The number of carbonyl (C=O) groups is 2. The van der Waals surface area contributed by atoms with Gasteiger partial charge in [-0.05, 0) is 115 Å². The molecule has 0 aliphatic carbocycles. The van der Waals surface area contributed by atoms with E-state index in [0.717, 1.165) is 53.2 Å². The number of benzene rings is 6. The summed E-state index contributed by atoms with van der Waals surface area (Å²) in [7, 11) is 0. The molecule has 0 amide bonds. The molecule has 13 nitrogen and oxygen atoms in total. The minimum Gasteiger partial charge on any atom is -0.477 e. The van der Waals surface area contributed by atoms with Crippen molar-refractivity contribution in [1.29, 1.82) is 0 Å². The predicted octanol–water partition coefficient (Wildman–Crippen LogP) is 17.2. The Kier molecular flexibility index (Phi) is 45.7. The van der Waals surface area contributed by atoms with Gasteiger partial charge in [-0.15, -0.1) is 96.1 Å². The van der Waals surface area contributed by atoms with Crippen LogP contribution in [-0.2, 0) is 101 Å². The summed E-state index contributed by atoms with van der Waals surface area (Å²) in [6.45, 7) is 3.32. The van der Waals surface area contributed by atoms with Gasteiger partial charge in [-0.3, -0.25) is 30.7 Å². The summed E-state index contributed by atoms with van der Waals surface area (Å²) in [5.74, 6) is -6.55. The Labute approximate surface area is 663 Å². The van der Waals surface area contributed by atoms with Gasteiger partial charge in [-0.1, -0.05) is 131 Å². The van der Waals surface area contributed by atoms with Gasteiger partial charge >= 0.3 is 11.9 Å². The summed E-state index contributed by atoms with van der Waals surface area (Å²) < 4.78 is 104. The molecular formula is C78H58F8Ir4N7O6Pt-5. The predicted molar refractivity (Wildman–Crippen MR) is 358 cm³/mol. The molecule has 104 heavy (non-hydrogen) atoms. The minimum absolute atomic E-state index is 0. The molecule has 2 atom stereocenters.